The average molecular weight is 286 g/mol. The molecule has 1 nitrogen and oxygen atoms in total. The Balaban J connectivity index is 0.00000289. The van der Waals surface area contributed by atoms with Crippen LogP contribution in [-0.2, 0) is 6.18 Å². The van der Waals surface area contributed by atoms with E-state index in [0.29, 0.717) is 12.5 Å². The topological polar surface area (TPSA) is 26.0 Å². The molecule has 0 bridgehead atoms. The van der Waals surface area contributed by atoms with E-state index in [0.717, 1.165) is 12.1 Å². The quantitative estimate of drug-likeness (QED) is 0.823. The molecule has 104 valence electrons. The van der Waals surface area contributed by atoms with E-state index < -0.39 is 23.6 Å². The molecule has 0 amide bonds. The lowest BCUT2D eigenvalue weighted by Gasteiger charge is -2.16. The first kappa shape index (κ1) is 17.2. The maximum absolute atomic E-state index is 13.1. The molecule has 1 atom stereocenters. The van der Waals surface area contributed by atoms with Gasteiger partial charge in [0, 0.05) is 6.04 Å². The van der Waals surface area contributed by atoms with Crippen molar-refractivity contribution in [1.82, 2.24) is 0 Å². The van der Waals surface area contributed by atoms with Crippen LogP contribution in [0.25, 0.3) is 0 Å². The zero-order valence-electron chi connectivity index (χ0n) is 10.1. The van der Waals surface area contributed by atoms with Gasteiger partial charge in [0.15, 0.2) is 0 Å². The summed E-state index contributed by atoms with van der Waals surface area (Å²) in [4.78, 5) is 0. The molecule has 0 fully saturated rings. The minimum absolute atomic E-state index is 0. The minimum Gasteiger partial charge on any atom is -0.324 e. The molecule has 0 aliphatic carbocycles. The van der Waals surface area contributed by atoms with Gasteiger partial charge >= 0.3 is 6.18 Å². The van der Waals surface area contributed by atoms with Crippen LogP contribution >= 0.6 is 12.4 Å². The van der Waals surface area contributed by atoms with E-state index in [9.17, 15) is 17.6 Å². The van der Waals surface area contributed by atoms with Gasteiger partial charge in [-0.05, 0) is 36.1 Å². The van der Waals surface area contributed by atoms with E-state index in [1.165, 1.54) is 0 Å². The summed E-state index contributed by atoms with van der Waals surface area (Å²) >= 11 is 0. The largest absolute Gasteiger partial charge is 0.416 e. The van der Waals surface area contributed by atoms with Crippen molar-refractivity contribution in [2.75, 3.05) is 0 Å². The molecule has 0 aliphatic rings. The molecule has 0 unspecified atom stereocenters. The molecule has 1 aromatic rings. The third kappa shape index (κ3) is 4.82. The van der Waals surface area contributed by atoms with Crippen molar-refractivity contribution in [3.63, 3.8) is 0 Å². The van der Waals surface area contributed by atoms with Crippen LogP contribution in [0.2, 0.25) is 0 Å². The number of hydrogen-bond donors (Lipinski definition) is 1. The van der Waals surface area contributed by atoms with Crippen molar-refractivity contribution in [1.29, 1.82) is 0 Å². The highest BCUT2D eigenvalue weighted by molar-refractivity contribution is 5.85. The van der Waals surface area contributed by atoms with Crippen LogP contribution in [0.3, 0.4) is 0 Å². The van der Waals surface area contributed by atoms with Crippen LogP contribution in [0.15, 0.2) is 18.2 Å². The fourth-order valence-corrected chi connectivity index (χ4v) is 1.63. The van der Waals surface area contributed by atoms with Crippen LogP contribution < -0.4 is 5.73 Å². The normalized spacial score (nSPS) is 13.3. The summed E-state index contributed by atoms with van der Waals surface area (Å²) in [7, 11) is 0. The highest BCUT2D eigenvalue weighted by Gasteiger charge is 2.31. The van der Waals surface area contributed by atoms with E-state index in [4.69, 9.17) is 5.73 Å². The van der Waals surface area contributed by atoms with Gasteiger partial charge in [-0.25, -0.2) is 4.39 Å². The third-order valence-electron chi connectivity index (χ3n) is 2.40. The number of rotatable bonds is 3. The zero-order valence-corrected chi connectivity index (χ0v) is 10.9. The molecule has 0 radical (unpaired) electrons. The van der Waals surface area contributed by atoms with Crippen molar-refractivity contribution in [3.05, 3.63) is 35.1 Å². The van der Waals surface area contributed by atoms with Crippen LogP contribution in [0.1, 0.15) is 37.4 Å². The zero-order chi connectivity index (χ0) is 13.2. The van der Waals surface area contributed by atoms with Crippen LogP contribution in [-0.4, -0.2) is 0 Å². The third-order valence-corrected chi connectivity index (χ3v) is 2.40. The molecular formula is C12H16ClF4N. The van der Waals surface area contributed by atoms with Crippen molar-refractivity contribution < 1.29 is 17.6 Å². The van der Waals surface area contributed by atoms with Crippen LogP contribution in [0, 0.1) is 11.7 Å². The summed E-state index contributed by atoms with van der Waals surface area (Å²) in [5.41, 5.74) is 4.94. The summed E-state index contributed by atoms with van der Waals surface area (Å²) < 4.78 is 50.5. The molecule has 2 N–H and O–H groups in total. The standard InChI is InChI=1S/C12H15F4N.ClH/c1-7(2)3-11(17)8-4-9(12(14,15)16)6-10(13)5-8;/h4-7,11H,3,17H2,1-2H3;1H/t11-;/m0./s1. The fraction of sp³-hybridized carbons (Fsp3) is 0.500. The second-order valence-electron chi connectivity index (χ2n) is 4.51. The second-order valence-corrected chi connectivity index (χ2v) is 4.51. The Morgan fingerprint density at radius 3 is 2.17 bits per heavy atom. The van der Waals surface area contributed by atoms with Gasteiger partial charge in [0.25, 0.3) is 0 Å². The van der Waals surface area contributed by atoms with E-state index >= 15 is 0 Å². The van der Waals surface area contributed by atoms with Crippen LogP contribution in [0.4, 0.5) is 17.6 Å². The first-order valence-corrected chi connectivity index (χ1v) is 5.33. The van der Waals surface area contributed by atoms with Crippen LogP contribution in [0.5, 0.6) is 0 Å². The lowest BCUT2D eigenvalue weighted by atomic mass is 9.96. The molecule has 0 saturated heterocycles. The van der Waals surface area contributed by atoms with Gasteiger partial charge in [0.1, 0.15) is 5.82 Å². The summed E-state index contributed by atoms with van der Waals surface area (Å²) in [6.45, 7) is 3.81. The summed E-state index contributed by atoms with van der Waals surface area (Å²) in [6, 6.07) is 1.87. The number of benzene rings is 1. The van der Waals surface area contributed by atoms with Gasteiger partial charge in [-0.15, -0.1) is 12.4 Å². The molecule has 0 aromatic heterocycles. The Bertz CT molecular complexity index is 390. The molecule has 18 heavy (non-hydrogen) atoms. The minimum atomic E-state index is -4.55. The lowest BCUT2D eigenvalue weighted by Crippen LogP contribution is -2.15. The molecule has 1 aromatic carbocycles. The van der Waals surface area contributed by atoms with E-state index in [1.54, 1.807) is 0 Å². The monoisotopic (exact) mass is 285 g/mol. The number of nitrogens with two attached hydrogens (primary N) is 1. The molecule has 0 heterocycles. The maximum Gasteiger partial charge on any atom is 0.416 e. The van der Waals surface area contributed by atoms with Crippen molar-refractivity contribution >= 4 is 12.4 Å². The van der Waals surface area contributed by atoms with Gasteiger partial charge in [0.05, 0.1) is 5.56 Å². The summed E-state index contributed by atoms with van der Waals surface area (Å²) in [5, 5.41) is 0. The molecule has 0 aliphatic heterocycles. The Morgan fingerprint density at radius 1 is 1.17 bits per heavy atom. The van der Waals surface area contributed by atoms with Gasteiger partial charge in [0.2, 0.25) is 0 Å². The summed E-state index contributed by atoms with van der Waals surface area (Å²) in [6.07, 6.45) is -4.03. The van der Waals surface area contributed by atoms with Crippen molar-refractivity contribution in [2.45, 2.75) is 32.5 Å². The SMILES string of the molecule is CC(C)C[C@H](N)c1cc(F)cc(C(F)(F)F)c1.Cl. The van der Waals surface area contributed by atoms with E-state index in [1.807, 2.05) is 13.8 Å². The average Bonchev–Trinajstić information content (AvgIpc) is 2.14. The second kappa shape index (κ2) is 6.38. The molecule has 0 spiro atoms. The van der Waals surface area contributed by atoms with Gasteiger partial charge in [-0.2, -0.15) is 13.2 Å². The Labute approximate surface area is 110 Å². The predicted octanol–water partition coefficient (Wildman–Crippen LogP) is 4.31. The first-order chi connectivity index (χ1) is 7.70. The highest BCUT2D eigenvalue weighted by Crippen LogP contribution is 2.32. The maximum atomic E-state index is 13.1. The molecular weight excluding hydrogens is 270 g/mol. The number of alkyl halides is 3. The number of hydrogen-bond acceptors (Lipinski definition) is 1. The Morgan fingerprint density at radius 2 is 1.72 bits per heavy atom. The molecule has 1 rings (SSSR count). The molecule has 0 saturated carbocycles. The molecule has 6 heteroatoms. The predicted molar refractivity (Wildman–Crippen MR) is 65.0 cm³/mol. The Hall–Kier alpha value is -0.810. The van der Waals surface area contributed by atoms with Gasteiger partial charge in [-0.3, -0.25) is 0 Å². The first-order valence-electron chi connectivity index (χ1n) is 5.33. The van der Waals surface area contributed by atoms with Crippen molar-refractivity contribution in [2.24, 2.45) is 11.7 Å². The summed E-state index contributed by atoms with van der Waals surface area (Å²) in [5.74, 6) is -0.670. The lowest BCUT2D eigenvalue weighted by molar-refractivity contribution is -0.137. The van der Waals surface area contributed by atoms with Crippen molar-refractivity contribution in [3.8, 4) is 0 Å². The van der Waals surface area contributed by atoms with E-state index in [2.05, 4.69) is 0 Å². The smallest absolute Gasteiger partial charge is 0.324 e. The number of halogens is 5. The fourth-order valence-electron chi connectivity index (χ4n) is 1.63. The van der Waals surface area contributed by atoms with Gasteiger partial charge < -0.3 is 5.73 Å². The van der Waals surface area contributed by atoms with Gasteiger partial charge in [-0.1, -0.05) is 13.8 Å². The Kier molecular flexibility index (Phi) is 6.10. The highest BCUT2D eigenvalue weighted by atomic mass is 35.5. The van der Waals surface area contributed by atoms with E-state index in [-0.39, 0.29) is 23.9 Å².